The van der Waals surface area contributed by atoms with Crippen molar-refractivity contribution in [1.82, 2.24) is 9.99 Å². The molecule has 54 heavy (non-hydrogen) atoms. The summed E-state index contributed by atoms with van der Waals surface area (Å²) >= 11 is 0. The second kappa shape index (κ2) is 20.9. The molecule has 0 aromatic heterocycles. The summed E-state index contributed by atoms with van der Waals surface area (Å²) < 4.78 is 46.5. The van der Waals surface area contributed by atoms with E-state index in [1.807, 2.05) is 66.7 Å². The Morgan fingerprint density at radius 1 is 0.889 bits per heavy atom. The lowest BCUT2D eigenvalue weighted by molar-refractivity contribution is -0.250. The normalized spacial score (nSPS) is 20.8. The third-order valence-electron chi connectivity index (χ3n) is 9.55. The first-order valence-electron chi connectivity index (χ1n) is 18.7. The van der Waals surface area contributed by atoms with Crippen LogP contribution in [0, 0.1) is 12.5 Å². The molecule has 1 fully saturated rings. The van der Waals surface area contributed by atoms with Gasteiger partial charge in [-0.2, -0.15) is 0 Å². The summed E-state index contributed by atoms with van der Waals surface area (Å²) in [5.41, 5.74) is 1.73. The van der Waals surface area contributed by atoms with E-state index in [4.69, 9.17) is 39.3 Å². The predicted molar refractivity (Wildman–Crippen MR) is 211 cm³/mol. The summed E-state index contributed by atoms with van der Waals surface area (Å²) in [7, 11) is 1.70. The van der Waals surface area contributed by atoms with Crippen LogP contribution in [0.4, 0.5) is 0 Å². The molecule has 0 radical (unpaired) electrons. The highest BCUT2D eigenvalue weighted by atomic mass is 31.2. The molecular formula is C42H58N3O8P. The first-order chi connectivity index (χ1) is 26.0. The van der Waals surface area contributed by atoms with Gasteiger partial charge >= 0.3 is 0 Å². The monoisotopic (exact) mass is 763 g/mol. The van der Waals surface area contributed by atoms with Crippen LogP contribution in [0.25, 0.3) is 4.85 Å². The van der Waals surface area contributed by atoms with E-state index in [0.29, 0.717) is 6.42 Å². The average molecular weight is 764 g/mol. The Balaban J connectivity index is 1.67. The molecule has 3 aromatic rings. The van der Waals surface area contributed by atoms with Crippen LogP contribution in [0.2, 0.25) is 0 Å². The van der Waals surface area contributed by atoms with Crippen molar-refractivity contribution in [3.8, 4) is 11.5 Å². The number of hydrogen-bond donors (Lipinski definition) is 1. The average Bonchev–Trinajstić information content (AvgIpc) is 3.17. The molecule has 1 saturated heterocycles. The van der Waals surface area contributed by atoms with Crippen molar-refractivity contribution >= 4 is 14.4 Å². The number of nitrogens with zero attached hydrogens (tertiary/aromatic N) is 2. The van der Waals surface area contributed by atoms with Crippen LogP contribution in [0.15, 0.2) is 78.9 Å². The van der Waals surface area contributed by atoms with Crippen LogP contribution in [0.1, 0.15) is 71.6 Å². The fourth-order valence-electron chi connectivity index (χ4n) is 7.06. The number of amides is 1. The third kappa shape index (κ3) is 10.6. The number of hydrogen-bond acceptors (Lipinski definition) is 9. The molecule has 6 unspecified atom stereocenters. The first kappa shape index (κ1) is 43.1. The molecule has 0 spiro atoms. The molecule has 11 nitrogen and oxygen atoms in total. The predicted octanol–water partition coefficient (Wildman–Crippen LogP) is 7.97. The summed E-state index contributed by atoms with van der Waals surface area (Å²) in [6, 6.07) is 25.4. The van der Waals surface area contributed by atoms with Gasteiger partial charge in [0.25, 0.3) is 8.53 Å². The van der Waals surface area contributed by atoms with Crippen LogP contribution in [0.3, 0.4) is 0 Å². The van der Waals surface area contributed by atoms with E-state index in [0.717, 1.165) is 28.2 Å². The van der Waals surface area contributed by atoms with E-state index >= 15 is 0 Å². The second-order valence-electron chi connectivity index (χ2n) is 13.9. The zero-order chi connectivity index (χ0) is 39.3. The summed E-state index contributed by atoms with van der Waals surface area (Å²) in [5, 5.41) is 3.09. The topological polar surface area (TPSA) is 101 Å². The van der Waals surface area contributed by atoms with E-state index in [-0.39, 0.29) is 56.4 Å². The number of carbonyl (C=O) groups excluding carboxylic acids is 1. The zero-order valence-corrected chi connectivity index (χ0v) is 34.1. The lowest BCUT2D eigenvalue weighted by Crippen LogP contribution is -2.61. The molecule has 1 N–H and O–H groups in total. The fourth-order valence-corrected chi connectivity index (χ4v) is 8.89. The van der Waals surface area contributed by atoms with Gasteiger partial charge in [0.05, 0.1) is 39.6 Å². The Labute approximate surface area is 323 Å². The molecule has 6 atom stereocenters. The Morgan fingerprint density at radius 2 is 1.44 bits per heavy atom. The molecule has 3 aromatic carbocycles. The van der Waals surface area contributed by atoms with Crippen molar-refractivity contribution in [3.05, 3.63) is 107 Å². The maximum atomic E-state index is 12.7. The lowest BCUT2D eigenvalue weighted by Gasteiger charge is -2.47. The van der Waals surface area contributed by atoms with E-state index in [1.54, 1.807) is 14.2 Å². The molecule has 0 saturated carbocycles. The van der Waals surface area contributed by atoms with Gasteiger partial charge in [0.15, 0.2) is 6.29 Å². The summed E-state index contributed by atoms with van der Waals surface area (Å²) in [6.45, 7) is 22.1. The maximum Gasteiger partial charge on any atom is 0.259 e. The fraction of sp³-hybridized carbons (Fsp3) is 0.524. The second-order valence-corrected chi connectivity index (χ2v) is 15.3. The van der Waals surface area contributed by atoms with Gasteiger partial charge in [-0.3, -0.25) is 4.79 Å². The van der Waals surface area contributed by atoms with Crippen LogP contribution >= 0.6 is 8.53 Å². The molecule has 4 rings (SSSR count). The third-order valence-corrected chi connectivity index (χ3v) is 11.7. The van der Waals surface area contributed by atoms with Gasteiger partial charge in [-0.1, -0.05) is 68.4 Å². The van der Waals surface area contributed by atoms with Crippen LogP contribution in [-0.2, 0) is 33.7 Å². The SMILES string of the molecule is [C-]#[N+]CCOP(OC1C(C)C(CC)OC(OCCOC(c2ccccc2)(c2ccc(OC)cc2)c2ccc(OC)cc2)C1NC(C)=O)N(C(C)C)C(C)C. The van der Waals surface area contributed by atoms with Crippen molar-refractivity contribution in [2.45, 2.75) is 97.1 Å². The van der Waals surface area contributed by atoms with Gasteiger partial charge in [0.2, 0.25) is 12.5 Å². The number of benzene rings is 3. The number of methoxy groups -OCH3 is 2. The van der Waals surface area contributed by atoms with E-state index in [1.165, 1.54) is 6.92 Å². The van der Waals surface area contributed by atoms with Gasteiger partial charge in [-0.15, -0.1) is 0 Å². The van der Waals surface area contributed by atoms with E-state index in [2.05, 4.69) is 68.5 Å². The Hall–Kier alpha value is -3.59. The minimum absolute atomic E-state index is 0.102. The molecule has 12 heteroatoms. The molecule has 1 amide bonds. The Bertz CT molecular complexity index is 1550. The standard InChI is InChI=1S/C42H58N3O8P/c1-11-38-31(6)40(53-54(51-26-25-43-8)45(29(2)3)30(4)5)39(44-32(7)46)41(52-38)49-27-28-50-42(33-15-13-12-14-16-33,34-17-21-36(47-9)22-18-34)35-19-23-37(48-10)24-20-35/h12-24,29-31,38-41H,11,25-28H2,1-7,9-10H3,(H,44,46). The minimum atomic E-state index is -1.59. The number of rotatable bonds is 20. The summed E-state index contributed by atoms with van der Waals surface area (Å²) in [4.78, 5) is 16.2. The minimum Gasteiger partial charge on any atom is -0.497 e. The molecule has 1 aliphatic rings. The van der Waals surface area contributed by atoms with Gasteiger partial charge in [-0.05, 0) is 75.1 Å². The van der Waals surface area contributed by atoms with Gasteiger partial charge in [0, 0.05) is 24.9 Å². The quantitative estimate of drug-likeness (QED) is 0.0532. The molecule has 0 bridgehead atoms. The zero-order valence-electron chi connectivity index (χ0n) is 33.2. The summed E-state index contributed by atoms with van der Waals surface area (Å²) in [5.74, 6) is 1.14. The summed E-state index contributed by atoms with van der Waals surface area (Å²) in [6.07, 6.45) is -0.826. The highest BCUT2D eigenvalue weighted by Gasteiger charge is 2.48. The maximum absolute atomic E-state index is 12.7. The Morgan fingerprint density at radius 3 is 1.93 bits per heavy atom. The van der Waals surface area contributed by atoms with Crippen LogP contribution in [0.5, 0.6) is 11.5 Å². The molecule has 1 heterocycles. The number of carbonyl (C=O) groups is 1. The highest BCUT2D eigenvalue weighted by molar-refractivity contribution is 7.44. The largest absolute Gasteiger partial charge is 0.497 e. The molecule has 0 aliphatic carbocycles. The number of nitrogens with one attached hydrogen (secondary N) is 1. The van der Waals surface area contributed by atoms with Crippen molar-refractivity contribution in [3.63, 3.8) is 0 Å². The lowest BCUT2D eigenvalue weighted by atomic mass is 9.80. The van der Waals surface area contributed by atoms with Crippen molar-refractivity contribution in [1.29, 1.82) is 0 Å². The van der Waals surface area contributed by atoms with E-state index < -0.39 is 32.6 Å². The van der Waals surface area contributed by atoms with Gasteiger partial charge in [-0.25, -0.2) is 11.2 Å². The number of ether oxygens (including phenoxy) is 5. The van der Waals surface area contributed by atoms with Crippen LogP contribution in [-0.4, -0.2) is 87.8 Å². The molecule has 294 valence electrons. The van der Waals surface area contributed by atoms with E-state index in [9.17, 15) is 4.79 Å². The molecular weight excluding hydrogens is 705 g/mol. The molecule has 1 aliphatic heterocycles. The highest BCUT2D eigenvalue weighted by Crippen LogP contribution is 2.50. The van der Waals surface area contributed by atoms with Crippen LogP contribution < -0.4 is 14.8 Å². The van der Waals surface area contributed by atoms with Crippen molar-refractivity contribution in [2.75, 3.05) is 40.6 Å². The van der Waals surface area contributed by atoms with Gasteiger partial charge in [0.1, 0.15) is 29.7 Å². The van der Waals surface area contributed by atoms with Gasteiger partial charge < -0.3 is 42.9 Å². The first-order valence-corrected chi connectivity index (χ1v) is 19.9. The van der Waals surface area contributed by atoms with Crippen molar-refractivity contribution in [2.24, 2.45) is 5.92 Å². The smallest absolute Gasteiger partial charge is 0.259 e. The van der Waals surface area contributed by atoms with Crippen molar-refractivity contribution < 1.29 is 37.5 Å². The Kier molecular flexibility index (Phi) is 16.7.